The van der Waals surface area contributed by atoms with E-state index in [2.05, 4.69) is 63.1 Å². The summed E-state index contributed by atoms with van der Waals surface area (Å²) in [5.41, 5.74) is 5.47. The number of hydrazine groups is 1. The molecule has 0 saturated heterocycles. The highest BCUT2D eigenvalue weighted by Gasteiger charge is 2.13. The summed E-state index contributed by atoms with van der Waals surface area (Å²) in [4.78, 5) is 0. The van der Waals surface area contributed by atoms with E-state index in [0.717, 1.165) is 10.9 Å². The minimum atomic E-state index is 0.116. The predicted octanol–water partition coefficient (Wildman–Crippen LogP) is 4.41. The van der Waals surface area contributed by atoms with Gasteiger partial charge in [-0.1, -0.05) is 46.3 Å². The van der Waals surface area contributed by atoms with Crippen molar-refractivity contribution in [3.63, 3.8) is 0 Å². The number of halogens is 1. The van der Waals surface area contributed by atoms with Gasteiger partial charge in [-0.05, 0) is 46.5 Å². The molecule has 3 N–H and O–H groups in total. The summed E-state index contributed by atoms with van der Waals surface area (Å²) in [5, 5.41) is 3.56. The van der Waals surface area contributed by atoms with Crippen molar-refractivity contribution in [3.05, 3.63) is 69.5 Å². The first-order chi connectivity index (χ1) is 9.78. The van der Waals surface area contributed by atoms with Gasteiger partial charge in [-0.2, -0.15) is 0 Å². The van der Waals surface area contributed by atoms with Crippen molar-refractivity contribution in [2.45, 2.75) is 12.5 Å². The first-order valence-electron chi connectivity index (χ1n) is 6.44. The predicted molar refractivity (Wildman–Crippen MR) is 89.7 cm³/mol. The number of hydrogen-bond acceptors (Lipinski definition) is 3. The lowest BCUT2D eigenvalue weighted by Gasteiger charge is -2.16. The third-order valence-electron chi connectivity index (χ3n) is 3.44. The van der Waals surface area contributed by atoms with E-state index >= 15 is 0 Å². The van der Waals surface area contributed by atoms with E-state index in [4.69, 9.17) is 5.84 Å². The van der Waals surface area contributed by atoms with E-state index < -0.39 is 0 Å². The van der Waals surface area contributed by atoms with Gasteiger partial charge in [0.1, 0.15) is 0 Å². The summed E-state index contributed by atoms with van der Waals surface area (Å²) < 4.78 is 2.40. The van der Waals surface area contributed by atoms with Crippen molar-refractivity contribution in [2.24, 2.45) is 5.84 Å². The van der Waals surface area contributed by atoms with Crippen LogP contribution >= 0.6 is 27.3 Å². The van der Waals surface area contributed by atoms with Crippen LogP contribution in [0, 0.1) is 0 Å². The Morgan fingerprint density at radius 2 is 2.00 bits per heavy atom. The minimum Gasteiger partial charge on any atom is -0.271 e. The lowest BCUT2D eigenvalue weighted by molar-refractivity contribution is 0.554. The second-order valence-electron chi connectivity index (χ2n) is 4.74. The second-order valence-corrected chi connectivity index (χ2v) is 6.56. The summed E-state index contributed by atoms with van der Waals surface area (Å²) in [7, 11) is 0. The van der Waals surface area contributed by atoms with Crippen LogP contribution in [0.2, 0.25) is 0 Å². The standard InChI is InChI=1S/C16H15BrN2S/c17-13-5-3-4-11(8-13)15(19-18)9-12-10-20-16-7-2-1-6-14(12)16/h1-8,10,15,19H,9,18H2. The molecule has 4 heteroatoms. The molecule has 2 nitrogen and oxygen atoms in total. The Morgan fingerprint density at radius 3 is 2.80 bits per heavy atom. The molecular formula is C16H15BrN2S. The number of nitrogens with one attached hydrogen (secondary N) is 1. The van der Waals surface area contributed by atoms with Gasteiger partial charge in [0, 0.05) is 9.17 Å². The number of nitrogens with two attached hydrogens (primary N) is 1. The van der Waals surface area contributed by atoms with E-state index in [0.29, 0.717) is 0 Å². The fourth-order valence-corrected chi connectivity index (χ4v) is 3.80. The molecule has 1 heterocycles. The Kier molecular flexibility index (Phi) is 4.17. The highest BCUT2D eigenvalue weighted by atomic mass is 79.9. The van der Waals surface area contributed by atoms with Gasteiger partial charge >= 0.3 is 0 Å². The first-order valence-corrected chi connectivity index (χ1v) is 8.12. The maximum absolute atomic E-state index is 5.75. The van der Waals surface area contributed by atoms with Gasteiger partial charge in [0.25, 0.3) is 0 Å². The average Bonchev–Trinajstić information content (AvgIpc) is 2.88. The maximum Gasteiger partial charge on any atom is 0.0501 e. The highest BCUT2D eigenvalue weighted by molar-refractivity contribution is 9.10. The highest BCUT2D eigenvalue weighted by Crippen LogP contribution is 2.29. The van der Waals surface area contributed by atoms with Crippen LogP contribution in [-0.4, -0.2) is 0 Å². The monoisotopic (exact) mass is 346 g/mol. The van der Waals surface area contributed by atoms with Gasteiger partial charge < -0.3 is 0 Å². The topological polar surface area (TPSA) is 38.0 Å². The Labute approximate surface area is 130 Å². The van der Waals surface area contributed by atoms with Gasteiger partial charge in [0.15, 0.2) is 0 Å². The van der Waals surface area contributed by atoms with Crippen molar-refractivity contribution in [3.8, 4) is 0 Å². The first kappa shape index (κ1) is 13.8. The van der Waals surface area contributed by atoms with Crippen LogP contribution in [0.5, 0.6) is 0 Å². The smallest absolute Gasteiger partial charge is 0.0501 e. The number of benzene rings is 2. The number of fused-ring (bicyclic) bond motifs is 1. The maximum atomic E-state index is 5.75. The summed E-state index contributed by atoms with van der Waals surface area (Å²) in [6.07, 6.45) is 0.886. The Hall–Kier alpha value is -1.20. The molecule has 0 amide bonds. The third-order valence-corrected chi connectivity index (χ3v) is 4.94. The molecule has 0 bridgehead atoms. The second kappa shape index (κ2) is 6.06. The molecule has 0 fully saturated rings. The van der Waals surface area contributed by atoms with Crippen LogP contribution in [-0.2, 0) is 6.42 Å². The average molecular weight is 347 g/mol. The SMILES string of the molecule is NNC(Cc1csc2ccccc12)c1cccc(Br)c1. The van der Waals surface area contributed by atoms with Crippen molar-refractivity contribution in [1.82, 2.24) is 5.43 Å². The van der Waals surface area contributed by atoms with E-state index in [-0.39, 0.29) is 6.04 Å². The summed E-state index contributed by atoms with van der Waals surface area (Å²) >= 11 is 5.30. The molecule has 0 aliphatic rings. The van der Waals surface area contributed by atoms with Gasteiger partial charge in [0.05, 0.1) is 6.04 Å². The molecular weight excluding hydrogens is 332 g/mol. The Bertz CT molecular complexity index is 723. The van der Waals surface area contributed by atoms with Crippen LogP contribution in [0.15, 0.2) is 58.4 Å². The molecule has 3 rings (SSSR count). The molecule has 0 saturated carbocycles. The minimum absolute atomic E-state index is 0.116. The molecule has 0 spiro atoms. The van der Waals surface area contributed by atoms with Crippen LogP contribution in [0.4, 0.5) is 0 Å². The fourth-order valence-electron chi connectivity index (χ4n) is 2.41. The number of rotatable bonds is 4. The van der Waals surface area contributed by atoms with Gasteiger partial charge in [-0.3, -0.25) is 11.3 Å². The Morgan fingerprint density at radius 1 is 1.15 bits per heavy atom. The van der Waals surface area contributed by atoms with Gasteiger partial charge in [0.2, 0.25) is 0 Å². The normalized spacial score (nSPS) is 12.7. The largest absolute Gasteiger partial charge is 0.271 e. The molecule has 2 aromatic carbocycles. The van der Waals surface area contributed by atoms with Gasteiger partial charge in [-0.15, -0.1) is 11.3 Å². The molecule has 1 aromatic heterocycles. The summed E-state index contributed by atoms with van der Waals surface area (Å²) in [5.74, 6) is 5.75. The molecule has 1 unspecified atom stereocenters. The summed E-state index contributed by atoms with van der Waals surface area (Å²) in [6.45, 7) is 0. The fraction of sp³-hybridized carbons (Fsp3) is 0.125. The zero-order valence-corrected chi connectivity index (χ0v) is 13.2. The molecule has 0 aliphatic heterocycles. The molecule has 1 atom stereocenters. The van der Waals surface area contributed by atoms with E-state index in [1.54, 1.807) is 11.3 Å². The van der Waals surface area contributed by atoms with Crippen LogP contribution in [0.25, 0.3) is 10.1 Å². The molecule has 3 aromatic rings. The molecule has 102 valence electrons. The quantitative estimate of drug-likeness (QED) is 0.542. The van der Waals surface area contributed by atoms with Crippen LogP contribution in [0.3, 0.4) is 0 Å². The van der Waals surface area contributed by atoms with E-state index in [1.807, 2.05) is 12.1 Å². The zero-order chi connectivity index (χ0) is 13.9. The molecule has 0 radical (unpaired) electrons. The third kappa shape index (κ3) is 2.79. The lowest BCUT2D eigenvalue weighted by atomic mass is 9.99. The Balaban J connectivity index is 1.92. The number of hydrogen-bond donors (Lipinski definition) is 2. The van der Waals surface area contributed by atoms with E-state index in [9.17, 15) is 0 Å². The molecule has 20 heavy (non-hydrogen) atoms. The van der Waals surface area contributed by atoms with E-state index in [1.165, 1.54) is 21.2 Å². The van der Waals surface area contributed by atoms with Crippen molar-refractivity contribution in [1.29, 1.82) is 0 Å². The lowest BCUT2D eigenvalue weighted by Crippen LogP contribution is -2.29. The number of thiophene rings is 1. The van der Waals surface area contributed by atoms with Crippen molar-refractivity contribution in [2.75, 3.05) is 0 Å². The van der Waals surface area contributed by atoms with Crippen LogP contribution in [0.1, 0.15) is 17.2 Å². The van der Waals surface area contributed by atoms with Crippen LogP contribution < -0.4 is 11.3 Å². The van der Waals surface area contributed by atoms with Gasteiger partial charge in [-0.25, -0.2) is 0 Å². The summed E-state index contributed by atoms with van der Waals surface area (Å²) in [6, 6.07) is 16.9. The zero-order valence-electron chi connectivity index (χ0n) is 10.8. The molecule has 0 aliphatic carbocycles. The van der Waals surface area contributed by atoms with Crippen molar-refractivity contribution < 1.29 is 0 Å². The van der Waals surface area contributed by atoms with Crippen molar-refractivity contribution >= 4 is 37.4 Å².